The number of ether oxygens (including phenoxy) is 3. The van der Waals surface area contributed by atoms with Crippen LogP contribution in [0.3, 0.4) is 0 Å². The second-order valence-corrected chi connectivity index (χ2v) is 11.7. The maximum Gasteiger partial charge on any atom is 0.416 e. The van der Waals surface area contributed by atoms with Gasteiger partial charge in [0.25, 0.3) is 0 Å². The zero-order valence-corrected chi connectivity index (χ0v) is 22.8. The zero-order chi connectivity index (χ0) is 27.3. The lowest BCUT2D eigenvalue weighted by Crippen LogP contribution is -2.58. The Bertz CT molecular complexity index is 1210. The van der Waals surface area contributed by atoms with Crippen LogP contribution in [0.25, 0.3) is 0 Å². The number of esters is 1. The van der Waals surface area contributed by atoms with E-state index in [9.17, 15) is 14.4 Å². The second-order valence-electron chi connectivity index (χ2n) is 11.7. The van der Waals surface area contributed by atoms with Crippen molar-refractivity contribution in [1.29, 1.82) is 0 Å². The van der Waals surface area contributed by atoms with Gasteiger partial charge in [-0.15, -0.1) is 0 Å². The number of likely N-dealkylation sites (tertiary alicyclic amines) is 1. The number of hydrogen-bond acceptors (Lipinski definition) is 6. The van der Waals surface area contributed by atoms with E-state index in [4.69, 9.17) is 14.2 Å². The van der Waals surface area contributed by atoms with Crippen molar-refractivity contribution in [3.8, 4) is 0 Å². The van der Waals surface area contributed by atoms with E-state index in [0.717, 1.165) is 16.7 Å². The highest BCUT2D eigenvalue weighted by Crippen LogP contribution is 2.58. The Labute approximate surface area is 218 Å². The van der Waals surface area contributed by atoms with E-state index in [2.05, 4.69) is 0 Å². The number of carbonyl (C=O) groups excluding carboxylic acids is 3. The van der Waals surface area contributed by atoms with Gasteiger partial charge in [-0.2, -0.15) is 0 Å². The van der Waals surface area contributed by atoms with E-state index < -0.39 is 47.0 Å². The molecule has 0 bridgehead atoms. The number of amides is 2. The maximum atomic E-state index is 13.8. The predicted octanol–water partition coefficient (Wildman–Crippen LogP) is 5.54. The molecule has 198 valence electrons. The number of carbonyl (C=O) groups is 3. The van der Waals surface area contributed by atoms with Gasteiger partial charge >= 0.3 is 18.2 Å². The van der Waals surface area contributed by atoms with Gasteiger partial charge in [0.2, 0.25) is 0 Å². The molecule has 0 saturated carbocycles. The quantitative estimate of drug-likeness (QED) is 0.391. The van der Waals surface area contributed by atoms with Crippen molar-refractivity contribution in [1.82, 2.24) is 4.90 Å². The first kappa shape index (κ1) is 26.5. The molecule has 0 aliphatic carbocycles. The molecule has 3 atom stereocenters. The Kier molecular flexibility index (Phi) is 6.51. The molecule has 2 aliphatic rings. The summed E-state index contributed by atoms with van der Waals surface area (Å²) in [7, 11) is 1.29. The zero-order valence-electron chi connectivity index (χ0n) is 22.8. The Balaban J connectivity index is 2.01. The van der Waals surface area contributed by atoms with Crippen molar-refractivity contribution in [2.75, 3.05) is 12.0 Å². The van der Waals surface area contributed by atoms with Gasteiger partial charge < -0.3 is 14.2 Å². The minimum absolute atomic E-state index is 0.211. The minimum atomic E-state index is -0.982. The van der Waals surface area contributed by atoms with Gasteiger partial charge in [0, 0.05) is 0 Å². The summed E-state index contributed by atoms with van der Waals surface area (Å²) in [5, 5.41) is 0. The number of benzene rings is 2. The molecule has 2 aliphatic heterocycles. The van der Waals surface area contributed by atoms with E-state index >= 15 is 0 Å². The summed E-state index contributed by atoms with van der Waals surface area (Å²) in [6.45, 7) is 12.6. The lowest BCUT2D eigenvalue weighted by molar-refractivity contribution is -0.146. The Morgan fingerprint density at radius 3 is 2.00 bits per heavy atom. The summed E-state index contributed by atoms with van der Waals surface area (Å²) in [5.41, 5.74) is 0.874. The number of aryl methyl sites for hydroxylation is 1. The van der Waals surface area contributed by atoms with Crippen molar-refractivity contribution in [3.05, 3.63) is 65.2 Å². The first-order valence-corrected chi connectivity index (χ1v) is 12.5. The second kappa shape index (κ2) is 9.08. The van der Waals surface area contributed by atoms with Crippen LogP contribution in [0, 0.1) is 6.92 Å². The smallest absolute Gasteiger partial charge is 0.416 e. The van der Waals surface area contributed by atoms with Gasteiger partial charge in [-0.05, 0) is 72.1 Å². The number of anilines is 1. The maximum absolute atomic E-state index is 13.8. The minimum Gasteiger partial charge on any atom is -0.467 e. The van der Waals surface area contributed by atoms with Crippen LogP contribution in [0.2, 0.25) is 0 Å². The molecule has 2 amide bonds. The first-order valence-electron chi connectivity index (χ1n) is 12.5. The number of hydrogen-bond donors (Lipinski definition) is 0. The molecule has 1 fully saturated rings. The normalized spacial score (nSPS) is 22.8. The van der Waals surface area contributed by atoms with Crippen LogP contribution in [-0.2, 0) is 24.4 Å². The first-order chi connectivity index (χ1) is 17.2. The van der Waals surface area contributed by atoms with Crippen molar-refractivity contribution in [2.45, 2.75) is 83.7 Å². The van der Waals surface area contributed by atoms with Crippen LogP contribution in [0.15, 0.2) is 48.5 Å². The number of para-hydroxylation sites is 1. The molecule has 37 heavy (non-hydrogen) atoms. The van der Waals surface area contributed by atoms with Crippen molar-refractivity contribution >= 4 is 23.8 Å². The van der Waals surface area contributed by atoms with Gasteiger partial charge in [-0.3, -0.25) is 9.80 Å². The SMILES string of the molecule is COC(=O)[C@@H]1C[C@@]2(c3ccc(C)cc3)c3ccccc3N(C(=O)OC(C)(C)C)[C@H]2N1C(=O)OC(C)(C)C. The molecular formula is C29H36N2O6. The monoisotopic (exact) mass is 508 g/mol. The van der Waals surface area contributed by atoms with Gasteiger partial charge in [-0.1, -0.05) is 48.0 Å². The highest BCUT2D eigenvalue weighted by molar-refractivity contribution is 5.96. The predicted molar refractivity (Wildman–Crippen MR) is 139 cm³/mol. The molecule has 2 aromatic carbocycles. The molecule has 1 saturated heterocycles. The molecule has 0 spiro atoms. The largest absolute Gasteiger partial charge is 0.467 e. The summed E-state index contributed by atoms with van der Waals surface area (Å²) in [5.74, 6) is -0.576. The molecule has 2 aromatic rings. The summed E-state index contributed by atoms with van der Waals surface area (Å²) in [4.78, 5) is 43.6. The molecule has 4 rings (SSSR count). The third kappa shape index (κ3) is 4.65. The van der Waals surface area contributed by atoms with Crippen LogP contribution in [-0.4, -0.2) is 53.6 Å². The van der Waals surface area contributed by atoms with E-state index in [1.54, 1.807) is 41.5 Å². The summed E-state index contributed by atoms with van der Waals surface area (Å²) in [6, 6.07) is 14.5. The third-order valence-electron chi connectivity index (χ3n) is 6.68. The van der Waals surface area contributed by atoms with Gasteiger partial charge in [0.1, 0.15) is 23.4 Å². The molecule has 8 heteroatoms. The molecule has 0 unspecified atom stereocenters. The van der Waals surface area contributed by atoms with Crippen molar-refractivity contribution in [3.63, 3.8) is 0 Å². The van der Waals surface area contributed by atoms with Crippen LogP contribution in [0.5, 0.6) is 0 Å². The molecule has 8 nitrogen and oxygen atoms in total. The third-order valence-corrected chi connectivity index (χ3v) is 6.68. The van der Waals surface area contributed by atoms with Gasteiger partial charge in [0.15, 0.2) is 0 Å². The molecule has 0 N–H and O–H groups in total. The summed E-state index contributed by atoms with van der Waals surface area (Å²) < 4.78 is 16.8. The standard InChI is InChI=1S/C29H36N2O6/c1-18-13-15-19(16-14-18)29-17-22(23(32)35-8)31(26(34)37-28(5,6)7)24(29)30(25(33)36-27(2,3)4)21-12-10-9-11-20(21)29/h9-16,22,24H,17H2,1-8H3/t22-,24-,29+/m0/s1. The molecular weight excluding hydrogens is 472 g/mol. The van der Waals surface area contributed by atoms with E-state index in [-0.39, 0.29) is 6.42 Å². The Morgan fingerprint density at radius 2 is 1.43 bits per heavy atom. The highest BCUT2D eigenvalue weighted by Gasteiger charge is 2.66. The fourth-order valence-corrected chi connectivity index (χ4v) is 5.36. The average molecular weight is 509 g/mol. The fourth-order valence-electron chi connectivity index (χ4n) is 5.36. The van der Waals surface area contributed by atoms with Crippen LogP contribution in [0.1, 0.15) is 64.7 Å². The highest BCUT2D eigenvalue weighted by atomic mass is 16.6. The van der Waals surface area contributed by atoms with Crippen LogP contribution < -0.4 is 4.90 Å². The number of methoxy groups -OCH3 is 1. The van der Waals surface area contributed by atoms with E-state index in [1.165, 1.54) is 16.9 Å². The lowest BCUT2D eigenvalue weighted by Gasteiger charge is -2.38. The van der Waals surface area contributed by atoms with E-state index in [0.29, 0.717) is 5.69 Å². The van der Waals surface area contributed by atoms with Gasteiger partial charge in [-0.25, -0.2) is 14.4 Å². The van der Waals surface area contributed by atoms with Crippen molar-refractivity contribution < 1.29 is 28.6 Å². The summed E-state index contributed by atoms with van der Waals surface area (Å²) >= 11 is 0. The Hall–Kier alpha value is -3.55. The van der Waals surface area contributed by atoms with E-state index in [1.807, 2.05) is 55.5 Å². The number of fused-ring (bicyclic) bond motifs is 3. The van der Waals surface area contributed by atoms with Crippen LogP contribution in [0.4, 0.5) is 15.3 Å². The fraction of sp³-hybridized carbons (Fsp3) is 0.483. The topological polar surface area (TPSA) is 85.4 Å². The number of rotatable bonds is 2. The molecule has 2 heterocycles. The lowest BCUT2D eigenvalue weighted by atomic mass is 9.72. The molecule has 0 radical (unpaired) electrons. The molecule has 0 aromatic heterocycles. The number of nitrogens with zero attached hydrogens (tertiary/aromatic N) is 2. The summed E-state index contributed by atoms with van der Waals surface area (Å²) in [6.07, 6.45) is -2.02. The van der Waals surface area contributed by atoms with Crippen molar-refractivity contribution in [2.24, 2.45) is 0 Å². The van der Waals surface area contributed by atoms with Crippen LogP contribution >= 0.6 is 0 Å². The van der Waals surface area contributed by atoms with Gasteiger partial charge in [0.05, 0.1) is 18.2 Å². The Morgan fingerprint density at radius 1 is 0.865 bits per heavy atom. The average Bonchev–Trinajstić information content (AvgIpc) is 3.27.